The van der Waals surface area contributed by atoms with Crippen molar-refractivity contribution in [1.29, 1.82) is 0 Å². The van der Waals surface area contributed by atoms with Gasteiger partial charge in [-0.2, -0.15) is 13.2 Å². The minimum absolute atomic E-state index is 0.105. The standard InChI is InChI=1S/C24H31F3O4S/c1-3-4-5-6-19(16-30-21-9-7-20(8-10-21)24(25,26)27)17-32-22-11-12-23(18(2)15-22)29-13-14-31-28/h7-12,15,19,28H,3-6,13-14,16-17H2,1-2H3. The van der Waals surface area contributed by atoms with E-state index in [1.807, 2.05) is 19.1 Å². The van der Waals surface area contributed by atoms with Crippen molar-refractivity contribution in [1.82, 2.24) is 0 Å². The van der Waals surface area contributed by atoms with Gasteiger partial charge < -0.3 is 9.47 Å². The highest BCUT2D eigenvalue weighted by atomic mass is 32.2. The van der Waals surface area contributed by atoms with Gasteiger partial charge in [0.15, 0.2) is 0 Å². The number of rotatable bonds is 14. The van der Waals surface area contributed by atoms with E-state index in [0.717, 1.165) is 59.8 Å². The first-order chi connectivity index (χ1) is 15.3. The van der Waals surface area contributed by atoms with Crippen LogP contribution in [-0.4, -0.2) is 30.8 Å². The van der Waals surface area contributed by atoms with Gasteiger partial charge in [-0.05, 0) is 61.4 Å². The van der Waals surface area contributed by atoms with Crippen molar-refractivity contribution in [2.45, 2.75) is 50.6 Å². The van der Waals surface area contributed by atoms with Gasteiger partial charge in [0.2, 0.25) is 0 Å². The van der Waals surface area contributed by atoms with Crippen LogP contribution >= 0.6 is 11.8 Å². The first-order valence-corrected chi connectivity index (χ1v) is 11.7. The fourth-order valence-corrected chi connectivity index (χ4v) is 4.24. The number of alkyl halides is 3. The molecule has 0 saturated carbocycles. The van der Waals surface area contributed by atoms with Crippen LogP contribution in [0.25, 0.3) is 0 Å². The summed E-state index contributed by atoms with van der Waals surface area (Å²) in [6.45, 7) is 4.95. The van der Waals surface area contributed by atoms with Crippen LogP contribution in [0, 0.1) is 12.8 Å². The fourth-order valence-electron chi connectivity index (χ4n) is 3.13. The number of ether oxygens (including phenoxy) is 2. The molecule has 2 aromatic carbocycles. The Balaban J connectivity index is 1.91. The van der Waals surface area contributed by atoms with E-state index in [0.29, 0.717) is 12.4 Å². The molecule has 0 amide bonds. The Kier molecular flexibility index (Phi) is 11.2. The molecule has 32 heavy (non-hydrogen) atoms. The van der Waals surface area contributed by atoms with E-state index in [1.54, 1.807) is 11.8 Å². The average molecular weight is 473 g/mol. The molecule has 0 fully saturated rings. The van der Waals surface area contributed by atoms with Gasteiger partial charge in [0, 0.05) is 16.6 Å². The van der Waals surface area contributed by atoms with Crippen LogP contribution in [0.3, 0.4) is 0 Å². The highest BCUT2D eigenvalue weighted by Gasteiger charge is 2.30. The van der Waals surface area contributed by atoms with E-state index >= 15 is 0 Å². The molecule has 0 heterocycles. The van der Waals surface area contributed by atoms with Gasteiger partial charge in [-0.1, -0.05) is 26.2 Å². The van der Waals surface area contributed by atoms with Crippen LogP contribution in [0.15, 0.2) is 47.4 Å². The molecule has 0 spiro atoms. The van der Waals surface area contributed by atoms with Crippen molar-refractivity contribution in [2.75, 3.05) is 25.6 Å². The first kappa shape index (κ1) is 26.4. The summed E-state index contributed by atoms with van der Waals surface area (Å²) in [5.41, 5.74) is 0.322. The van der Waals surface area contributed by atoms with Crippen molar-refractivity contribution < 1.29 is 32.8 Å². The van der Waals surface area contributed by atoms with Crippen molar-refractivity contribution in [3.05, 3.63) is 53.6 Å². The molecule has 0 aliphatic rings. The largest absolute Gasteiger partial charge is 0.493 e. The molecular weight excluding hydrogens is 441 g/mol. The predicted molar refractivity (Wildman–Crippen MR) is 121 cm³/mol. The van der Waals surface area contributed by atoms with Gasteiger partial charge in [-0.15, -0.1) is 11.8 Å². The zero-order chi connectivity index (χ0) is 23.4. The Hall–Kier alpha value is -1.90. The molecule has 1 N–H and O–H groups in total. The Morgan fingerprint density at radius 3 is 2.38 bits per heavy atom. The van der Waals surface area contributed by atoms with Crippen molar-refractivity contribution >= 4 is 11.8 Å². The highest BCUT2D eigenvalue weighted by Crippen LogP contribution is 2.31. The molecule has 0 bridgehead atoms. The summed E-state index contributed by atoms with van der Waals surface area (Å²) < 4.78 is 49.6. The van der Waals surface area contributed by atoms with E-state index in [2.05, 4.69) is 17.9 Å². The van der Waals surface area contributed by atoms with Crippen LogP contribution in [-0.2, 0) is 11.1 Å². The zero-order valence-corrected chi connectivity index (χ0v) is 19.3. The number of thioether (sulfide) groups is 1. The summed E-state index contributed by atoms with van der Waals surface area (Å²) in [6, 6.07) is 10.8. The van der Waals surface area contributed by atoms with E-state index in [4.69, 9.17) is 14.7 Å². The minimum atomic E-state index is -4.34. The summed E-state index contributed by atoms with van der Waals surface area (Å²) in [5, 5.41) is 8.38. The number of halogens is 3. The third kappa shape index (κ3) is 9.30. The van der Waals surface area contributed by atoms with Gasteiger partial charge in [-0.25, -0.2) is 4.89 Å². The average Bonchev–Trinajstić information content (AvgIpc) is 2.76. The molecule has 2 rings (SSSR count). The Bertz CT molecular complexity index is 797. The highest BCUT2D eigenvalue weighted by molar-refractivity contribution is 7.99. The van der Waals surface area contributed by atoms with Crippen LogP contribution in [0.5, 0.6) is 11.5 Å². The van der Waals surface area contributed by atoms with E-state index in [-0.39, 0.29) is 19.1 Å². The number of hydrogen-bond donors (Lipinski definition) is 1. The van der Waals surface area contributed by atoms with E-state index < -0.39 is 11.7 Å². The molecule has 0 saturated heterocycles. The van der Waals surface area contributed by atoms with Gasteiger partial charge in [0.1, 0.15) is 24.7 Å². The Morgan fingerprint density at radius 1 is 1.00 bits per heavy atom. The molecule has 0 aliphatic heterocycles. The molecule has 4 nitrogen and oxygen atoms in total. The predicted octanol–water partition coefficient (Wildman–Crippen LogP) is 7.25. The number of unbranched alkanes of at least 4 members (excludes halogenated alkanes) is 2. The van der Waals surface area contributed by atoms with Crippen molar-refractivity contribution in [2.24, 2.45) is 5.92 Å². The topological polar surface area (TPSA) is 47.9 Å². The maximum absolute atomic E-state index is 12.7. The Labute approximate surface area is 192 Å². The first-order valence-electron chi connectivity index (χ1n) is 10.8. The molecule has 1 atom stereocenters. The summed E-state index contributed by atoms with van der Waals surface area (Å²) in [4.78, 5) is 5.13. The lowest BCUT2D eigenvalue weighted by Gasteiger charge is -2.18. The fraction of sp³-hybridized carbons (Fsp3) is 0.500. The summed E-state index contributed by atoms with van der Waals surface area (Å²) >= 11 is 1.73. The second-order valence-electron chi connectivity index (χ2n) is 7.61. The third-order valence-corrected chi connectivity index (χ3v) is 6.17. The maximum atomic E-state index is 12.7. The summed E-state index contributed by atoms with van der Waals surface area (Å²) in [7, 11) is 0. The van der Waals surface area contributed by atoms with Crippen molar-refractivity contribution in [3.8, 4) is 11.5 Å². The monoisotopic (exact) mass is 472 g/mol. The Morgan fingerprint density at radius 2 is 1.75 bits per heavy atom. The number of aryl methyl sites for hydroxylation is 1. The molecule has 1 unspecified atom stereocenters. The molecular formula is C24H31F3O4S. The van der Waals surface area contributed by atoms with Crippen LogP contribution in [0.4, 0.5) is 13.2 Å². The van der Waals surface area contributed by atoms with Gasteiger partial charge in [0.25, 0.3) is 0 Å². The lowest BCUT2D eigenvalue weighted by atomic mass is 10.0. The van der Waals surface area contributed by atoms with Gasteiger partial charge in [-0.3, -0.25) is 5.26 Å². The SMILES string of the molecule is CCCCCC(COc1ccc(C(F)(F)F)cc1)CSc1ccc(OCCOO)c(C)c1. The van der Waals surface area contributed by atoms with Crippen LogP contribution in [0.1, 0.15) is 43.7 Å². The number of benzene rings is 2. The molecule has 8 heteroatoms. The van der Waals surface area contributed by atoms with Crippen molar-refractivity contribution in [3.63, 3.8) is 0 Å². The number of hydrogen-bond acceptors (Lipinski definition) is 5. The molecule has 0 aliphatic carbocycles. The molecule has 0 radical (unpaired) electrons. The zero-order valence-electron chi connectivity index (χ0n) is 18.5. The van der Waals surface area contributed by atoms with Crippen LogP contribution < -0.4 is 9.47 Å². The summed E-state index contributed by atoms with van der Waals surface area (Å²) in [5.74, 6) is 2.33. The maximum Gasteiger partial charge on any atom is 0.416 e. The quantitative estimate of drug-likeness (QED) is 0.136. The minimum Gasteiger partial charge on any atom is -0.493 e. The smallest absolute Gasteiger partial charge is 0.416 e. The second-order valence-corrected chi connectivity index (χ2v) is 8.71. The van der Waals surface area contributed by atoms with Gasteiger partial charge in [0.05, 0.1) is 12.2 Å². The van der Waals surface area contributed by atoms with Gasteiger partial charge >= 0.3 is 6.18 Å². The lowest BCUT2D eigenvalue weighted by Crippen LogP contribution is -2.15. The third-order valence-electron chi connectivity index (χ3n) is 4.95. The van der Waals surface area contributed by atoms with E-state index in [9.17, 15) is 13.2 Å². The molecule has 178 valence electrons. The lowest BCUT2D eigenvalue weighted by molar-refractivity contribution is -0.245. The summed E-state index contributed by atoms with van der Waals surface area (Å²) in [6.07, 6.45) is 0.0224. The normalized spacial score (nSPS) is 12.6. The second kappa shape index (κ2) is 13.6. The molecule has 0 aromatic heterocycles. The molecule has 2 aromatic rings. The van der Waals surface area contributed by atoms with Crippen LogP contribution in [0.2, 0.25) is 0 Å². The van der Waals surface area contributed by atoms with E-state index in [1.165, 1.54) is 12.1 Å².